The van der Waals surface area contributed by atoms with Gasteiger partial charge in [-0.05, 0) is 37.3 Å². The third kappa shape index (κ3) is 4.59. The fourth-order valence-corrected chi connectivity index (χ4v) is 2.78. The van der Waals surface area contributed by atoms with Gasteiger partial charge in [0.15, 0.2) is 11.9 Å². The van der Waals surface area contributed by atoms with E-state index < -0.39 is 18.0 Å². The number of anilines is 1. The fourth-order valence-electron chi connectivity index (χ4n) is 2.56. The van der Waals surface area contributed by atoms with Crippen molar-refractivity contribution in [2.75, 3.05) is 12.4 Å². The molecule has 1 heterocycles. The number of nitriles is 1. The van der Waals surface area contributed by atoms with Crippen LogP contribution in [-0.2, 0) is 9.53 Å². The first kappa shape index (κ1) is 20.9. The molecule has 0 aliphatic carbocycles. The summed E-state index contributed by atoms with van der Waals surface area (Å²) in [7, 11) is 1.41. The van der Waals surface area contributed by atoms with Crippen molar-refractivity contribution in [3.05, 3.63) is 71.0 Å². The number of carbonyl (C=O) groups excluding carboxylic acids is 2. The van der Waals surface area contributed by atoms with Crippen LogP contribution in [0.25, 0.3) is 5.69 Å². The van der Waals surface area contributed by atoms with Gasteiger partial charge in [-0.3, -0.25) is 4.79 Å². The smallest absolute Gasteiger partial charge is 0.363 e. The van der Waals surface area contributed by atoms with E-state index in [2.05, 4.69) is 10.4 Å². The Balaban J connectivity index is 1.71. The van der Waals surface area contributed by atoms with Crippen molar-refractivity contribution in [3.63, 3.8) is 0 Å². The number of amides is 1. The van der Waals surface area contributed by atoms with Gasteiger partial charge < -0.3 is 14.8 Å². The van der Waals surface area contributed by atoms with Gasteiger partial charge in [0.1, 0.15) is 6.07 Å². The first-order valence-electron chi connectivity index (χ1n) is 8.83. The summed E-state index contributed by atoms with van der Waals surface area (Å²) in [6.45, 7) is 1.43. The molecule has 1 N–H and O–H groups in total. The molecular formula is C21H17ClN4O4. The van der Waals surface area contributed by atoms with Gasteiger partial charge in [-0.15, -0.1) is 0 Å². The molecule has 30 heavy (non-hydrogen) atoms. The van der Waals surface area contributed by atoms with Crippen LogP contribution in [0, 0.1) is 11.3 Å². The van der Waals surface area contributed by atoms with Gasteiger partial charge in [0.05, 0.1) is 29.6 Å². The van der Waals surface area contributed by atoms with Gasteiger partial charge in [0, 0.05) is 5.69 Å². The summed E-state index contributed by atoms with van der Waals surface area (Å²) >= 11 is 5.96. The molecule has 0 bridgehead atoms. The standard InChI is InChI=1S/C21H17ClN4O4/c1-13(20(27)24-15-9-8-14(11-23)17(22)10-15)30-21(28)19-18(29-2)12-26(25-19)16-6-4-3-5-7-16/h3-10,12-13H,1-2H3,(H,24,27). The van der Waals surface area contributed by atoms with Crippen molar-refractivity contribution < 1.29 is 19.1 Å². The van der Waals surface area contributed by atoms with Gasteiger partial charge in [-0.1, -0.05) is 29.8 Å². The van der Waals surface area contributed by atoms with Gasteiger partial charge in [-0.2, -0.15) is 10.4 Å². The third-order valence-electron chi connectivity index (χ3n) is 4.12. The number of aromatic nitrogens is 2. The molecule has 1 aromatic heterocycles. The van der Waals surface area contributed by atoms with Crippen LogP contribution >= 0.6 is 11.6 Å². The average molecular weight is 425 g/mol. The van der Waals surface area contributed by atoms with Crippen LogP contribution in [0.1, 0.15) is 23.0 Å². The largest absolute Gasteiger partial charge is 0.493 e. The van der Waals surface area contributed by atoms with E-state index in [1.54, 1.807) is 6.20 Å². The Labute approximate surface area is 177 Å². The minimum absolute atomic E-state index is 0.0533. The molecule has 9 heteroatoms. The van der Waals surface area contributed by atoms with Crippen LogP contribution in [-0.4, -0.2) is 34.9 Å². The van der Waals surface area contributed by atoms with E-state index in [-0.39, 0.29) is 22.0 Å². The molecule has 1 amide bonds. The molecule has 0 aliphatic heterocycles. The number of hydrogen-bond acceptors (Lipinski definition) is 6. The molecule has 1 atom stereocenters. The van der Waals surface area contributed by atoms with E-state index in [1.165, 1.54) is 36.9 Å². The monoisotopic (exact) mass is 424 g/mol. The van der Waals surface area contributed by atoms with E-state index >= 15 is 0 Å². The second kappa shape index (κ2) is 9.11. The molecule has 3 aromatic rings. The van der Waals surface area contributed by atoms with E-state index in [1.807, 2.05) is 36.4 Å². The predicted octanol–water partition coefficient (Wildman–Crippen LogP) is 3.59. The summed E-state index contributed by atoms with van der Waals surface area (Å²) in [5.41, 5.74) is 1.34. The molecule has 1 unspecified atom stereocenters. The Morgan fingerprint density at radius 3 is 2.60 bits per heavy atom. The highest BCUT2D eigenvalue weighted by Gasteiger charge is 2.25. The zero-order valence-corrected chi connectivity index (χ0v) is 16.9. The van der Waals surface area contributed by atoms with Gasteiger partial charge in [0.2, 0.25) is 5.69 Å². The lowest BCUT2D eigenvalue weighted by atomic mass is 10.2. The number of hydrogen-bond donors (Lipinski definition) is 1. The quantitative estimate of drug-likeness (QED) is 0.606. The number of carbonyl (C=O) groups is 2. The lowest BCUT2D eigenvalue weighted by molar-refractivity contribution is -0.123. The molecule has 0 saturated carbocycles. The zero-order valence-electron chi connectivity index (χ0n) is 16.1. The molecular weight excluding hydrogens is 408 g/mol. The maximum Gasteiger partial charge on any atom is 0.363 e. The lowest BCUT2D eigenvalue weighted by Gasteiger charge is -2.13. The molecule has 0 spiro atoms. The summed E-state index contributed by atoms with van der Waals surface area (Å²) in [4.78, 5) is 24.9. The first-order valence-corrected chi connectivity index (χ1v) is 9.21. The zero-order chi connectivity index (χ0) is 21.7. The van der Waals surface area contributed by atoms with Crippen molar-refractivity contribution in [2.24, 2.45) is 0 Å². The summed E-state index contributed by atoms with van der Waals surface area (Å²) in [5, 5.41) is 15.9. The number of nitrogens with zero attached hydrogens (tertiary/aromatic N) is 3. The number of benzene rings is 2. The Morgan fingerprint density at radius 1 is 1.23 bits per heavy atom. The van der Waals surface area contributed by atoms with Crippen molar-refractivity contribution in [2.45, 2.75) is 13.0 Å². The van der Waals surface area contributed by atoms with E-state index in [0.717, 1.165) is 5.69 Å². The number of nitrogens with one attached hydrogen (secondary N) is 1. The van der Waals surface area contributed by atoms with Crippen LogP contribution in [0.15, 0.2) is 54.7 Å². The second-order valence-electron chi connectivity index (χ2n) is 6.17. The van der Waals surface area contributed by atoms with Crippen molar-refractivity contribution in [3.8, 4) is 17.5 Å². The molecule has 0 aliphatic rings. The van der Waals surface area contributed by atoms with Crippen LogP contribution < -0.4 is 10.1 Å². The Hall–Kier alpha value is -3.83. The van der Waals surface area contributed by atoms with E-state index in [4.69, 9.17) is 26.3 Å². The SMILES string of the molecule is COc1cn(-c2ccccc2)nc1C(=O)OC(C)C(=O)Nc1ccc(C#N)c(Cl)c1. The Bertz CT molecular complexity index is 1120. The summed E-state index contributed by atoms with van der Waals surface area (Å²) < 4.78 is 11.9. The van der Waals surface area contributed by atoms with Crippen LogP contribution in [0.3, 0.4) is 0 Å². The van der Waals surface area contributed by atoms with E-state index in [0.29, 0.717) is 5.69 Å². The van der Waals surface area contributed by atoms with Crippen molar-refractivity contribution >= 4 is 29.2 Å². The molecule has 0 fully saturated rings. The molecule has 0 radical (unpaired) electrons. The summed E-state index contributed by atoms with van der Waals surface area (Å²) in [5.74, 6) is -1.15. The molecule has 3 rings (SSSR count). The summed E-state index contributed by atoms with van der Waals surface area (Å²) in [6.07, 6.45) is 0.439. The predicted molar refractivity (Wildman–Crippen MR) is 110 cm³/mol. The van der Waals surface area contributed by atoms with Crippen molar-refractivity contribution in [1.82, 2.24) is 9.78 Å². The summed E-state index contributed by atoms with van der Waals surface area (Å²) in [6, 6.07) is 15.6. The first-order chi connectivity index (χ1) is 14.4. The average Bonchev–Trinajstić information content (AvgIpc) is 3.19. The topological polar surface area (TPSA) is 106 Å². The van der Waals surface area contributed by atoms with Crippen LogP contribution in [0.2, 0.25) is 5.02 Å². The number of ether oxygens (including phenoxy) is 2. The molecule has 0 saturated heterocycles. The molecule has 2 aromatic carbocycles. The van der Waals surface area contributed by atoms with Gasteiger partial charge in [0.25, 0.3) is 5.91 Å². The van der Waals surface area contributed by atoms with Gasteiger partial charge >= 0.3 is 5.97 Å². The maximum atomic E-state index is 12.6. The fraction of sp³-hybridized carbons (Fsp3) is 0.143. The van der Waals surface area contributed by atoms with Gasteiger partial charge in [-0.25, -0.2) is 9.48 Å². The molecule has 152 valence electrons. The normalized spacial score (nSPS) is 11.3. The minimum Gasteiger partial charge on any atom is -0.493 e. The van der Waals surface area contributed by atoms with Crippen LogP contribution in [0.5, 0.6) is 5.75 Å². The number of esters is 1. The third-order valence-corrected chi connectivity index (χ3v) is 4.44. The number of methoxy groups -OCH3 is 1. The highest BCUT2D eigenvalue weighted by Crippen LogP contribution is 2.22. The highest BCUT2D eigenvalue weighted by molar-refractivity contribution is 6.32. The van der Waals surface area contributed by atoms with Crippen molar-refractivity contribution in [1.29, 1.82) is 5.26 Å². The highest BCUT2D eigenvalue weighted by atomic mass is 35.5. The number of para-hydroxylation sites is 1. The molecule has 8 nitrogen and oxygen atoms in total. The lowest BCUT2D eigenvalue weighted by Crippen LogP contribution is -2.30. The van der Waals surface area contributed by atoms with Crippen LogP contribution in [0.4, 0.5) is 5.69 Å². The second-order valence-corrected chi connectivity index (χ2v) is 6.58. The number of halogens is 1. The Morgan fingerprint density at radius 2 is 1.97 bits per heavy atom. The number of rotatable bonds is 6. The maximum absolute atomic E-state index is 12.6. The Kier molecular flexibility index (Phi) is 6.35. The van der Waals surface area contributed by atoms with E-state index in [9.17, 15) is 9.59 Å². The minimum atomic E-state index is -1.11.